The van der Waals surface area contributed by atoms with Crippen molar-refractivity contribution in [2.75, 3.05) is 0 Å². The molecule has 6 nitrogen and oxygen atoms in total. The first-order valence-electron chi connectivity index (χ1n) is 5.01. The molecule has 1 heterocycles. The number of hydrogen-bond donors (Lipinski definition) is 4. The van der Waals surface area contributed by atoms with Crippen LogP contribution >= 0.6 is 0 Å². The van der Waals surface area contributed by atoms with E-state index in [-0.39, 0.29) is 11.3 Å². The minimum Gasteiger partial charge on any atom is -0.507 e. The highest BCUT2D eigenvalue weighted by Gasteiger charge is 2.13. The number of benzene rings is 1. The molecule has 17 heavy (non-hydrogen) atoms. The molecule has 0 unspecified atom stereocenters. The molecule has 0 aliphatic rings. The monoisotopic (exact) mass is 232 g/mol. The molecule has 2 aromatic rings. The van der Waals surface area contributed by atoms with Crippen LogP contribution in [-0.2, 0) is 6.42 Å². The van der Waals surface area contributed by atoms with Crippen molar-refractivity contribution in [2.24, 2.45) is 5.84 Å². The summed E-state index contributed by atoms with van der Waals surface area (Å²) in [5, 5.41) is 9.94. The number of nitrogen functional groups attached to an aromatic ring is 1. The van der Waals surface area contributed by atoms with E-state index in [2.05, 4.69) is 9.97 Å². The molecule has 0 fully saturated rings. The molecule has 0 aliphatic carbocycles. The molecular formula is C11H12N4O2. The fourth-order valence-corrected chi connectivity index (χ4v) is 1.58. The van der Waals surface area contributed by atoms with Gasteiger partial charge in [-0.1, -0.05) is 12.1 Å². The Morgan fingerprint density at radius 2 is 2.35 bits per heavy atom. The normalized spacial score (nSPS) is 10.2. The second-order valence-corrected chi connectivity index (χ2v) is 3.54. The number of para-hydroxylation sites is 1. The summed E-state index contributed by atoms with van der Waals surface area (Å²) >= 11 is 0. The number of carbonyl (C=O) groups is 1. The maximum Gasteiger partial charge on any atom is 0.268 e. The molecule has 0 radical (unpaired) electrons. The minimum atomic E-state index is -0.519. The van der Waals surface area contributed by atoms with Gasteiger partial charge in [-0.05, 0) is 6.07 Å². The maximum atomic E-state index is 11.4. The Bertz CT molecular complexity index is 522. The molecule has 2 rings (SSSR count). The Kier molecular flexibility index (Phi) is 3.06. The van der Waals surface area contributed by atoms with Gasteiger partial charge in [0.25, 0.3) is 5.91 Å². The van der Waals surface area contributed by atoms with Crippen LogP contribution in [0.4, 0.5) is 0 Å². The van der Waals surface area contributed by atoms with Crippen LogP contribution in [0.1, 0.15) is 21.6 Å². The number of aromatic hydroxyl groups is 1. The zero-order valence-electron chi connectivity index (χ0n) is 8.97. The lowest BCUT2D eigenvalue weighted by atomic mass is 10.0. The van der Waals surface area contributed by atoms with Gasteiger partial charge >= 0.3 is 0 Å². The largest absolute Gasteiger partial charge is 0.507 e. The molecule has 1 amide bonds. The number of rotatable bonds is 3. The maximum absolute atomic E-state index is 11.4. The SMILES string of the molecule is NNC(=O)c1cccc(Cc2cnc[nH]2)c1O. The number of amides is 1. The summed E-state index contributed by atoms with van der Waals surface area (Å²) in [7, 11) is 0. The zero-order valence-corrected chi connectivity index (χ0v) is 8.97. The van der Waals surface area contributed by atoms with Crippen LogP contribution in [0, 0.1) is 0 Å². The standard InChI is InChI=1S/C11H12N4O2/c12-15-11(17)9-3-1-2-7(10(9)16)4-8-5-13-6-14-8/h1-3,5-6,16H,4,12H2,(H,13,14)(H,15,17). The molecule has 0 saturated carbocycles. The number of phenols is 1. The first-order valence-corrected chi connectivity index (χ1v) is 5.01. The van der Waals surface area contributed by atoms with E-state index >= 15 is 0 Å². The van der Waals surface area contributed by atoms with E-state index in [1.54, 1.807) is 24.7 Å². The number of hydrazine groups is 1. The number of H-pyrrole nitrogens is 1. The van der Waals surface area contributed by atoms with E-state index in [0.717, 1.165) is 5.69 Å². The van der Waals surface area contributed by atoms with Crippen molar-refractivity contribution in [3.63, 3.8) is 0 Å². The number of phenolic OH excluding ortho intramolecular Hbond substituents is 1. The molecular weight excluding hydrogens is 220 g/mol. The summed E-state index contributed by atoms with van der Waals surface area (Å²) in [6, 6.07) is 4.94. The van der Waals surface area contributed by atoms with Gasteiger partial charge in [0.2, 0.25) is 0 Å². The van der Waals surface area contributed by atoms with E-state index in [1.807, 2.05) is 5.43 Å². The molecule has 0 aliphatic heterocycles. The van der Waals surface area contributed by atoms with Gasteiger partial charge in [-0.25, -0.2) is 10.8 Å². The number of imidazole rings is 1. The van der Waals surface area contributed by atoms with Gasteiger partial charge in [-0.3, -0.25) is 10.2 Å². The van der Waals surface area contributed by atoms with Crippen LogP contribution in [0.15, 0.2) is 30.7 Å². The third kappa shape index (κ3) is 2.26. The molecule has 6 heteroatoms. The first kappa shape index (κ1) is 11.2. The Balaban J connectivity index is 2.32. The van der Waals surface area contributed by atoms with Crippen molar-refractivity contribution >= 4 is 5.91 Å². The number of aromatic nitrogens is 2. The zero-order chi connectivity index (χ0) is 12.3. The molecule has 1 aromatic carbocycles. The van der Waals surface area contributed by atoms with Gasteiger partial charge in [-0.2, -0.15) is 0 Å². The lowest BCUT2D eigenvalue weighted by molar-refractivity contribution is 0.0951. The van der Waals surface area contributed by atoms with E-state index in [0.29, 0.717) is 12.0 Å². The summed E-state index contributed by atoms with van der Waals surface area (Å²) in [5.41, 5.74) is 3.63. The van der Waals surface area contributed by atoms with E-state index in [4.69, 9.17) is 5.84 Å². The highest BCUT2D eigenvalue weighted by atomic mass is 16.3. The van der Waals surface area contributed by atoms with Crippen molar-refractivity contribution in [3.05, 3.63) is 47.5 Å². The second kappa shape index (κ2) is 4.67. The van der Waals surface area contributed by atoms with E-state index < -0.39 is 5.91 Å². The molecule has 0 spiro atoms. The van der Waals surface area contributed by atoms with Crippen molar-refractivity contribution in [1.29, 1.82) is 0 Å². The lowest BCUT2D eigenvalue weighted by Gasteiger charge is -2.07. The van der Waals surface area contributed by atoms with Crippen LogP contribution in [-0.4, -0.2) is 21.0 Å². The van der Waals surface area contributed by atoms with Crippen LogP contribution in [0.3, 0.4) is 0 Å². The smallest absolute Gasteiger partial charge is 0.268 e. The molecule has 1 aromatic heterocycles. The topological polar surface area (TPSA) is 104 Å². The quantitative estimate of drug-likeness (QED) is 0.347. The molecule has 88 valence electrons. The Morgan fingerprint density at radius 1 is 1.53 bits per heavy atom. The van der Waals surface area contributed by atoms with Crippen LogP contribution < -0.4 is 11.3 Å². The van der Waals surface area contributed by atoms with Crippen molar-refractivity contribution in [2.45, 2.75) is 6.42 Å². The molecule has 5 N–H and O–H groups in total. The first-order chi connectivity index (χ1) is 8.22. The predicted molar refractivity (Wildman–Crippen MR) is 61.2 cm³/mol. The summed E-state index contributed by atoms with van der Waals surface area (Å²) in [5.74, 6) is 4.45. The lowest BCUT2D eigenvalue weighted by Crippen LogP contribution is -2.30. The highest BCUT2D eigenvalue weighted by Crippen LogP contribution is 2.24. The average molecular weight is 232 g/mol. The summed E-state index contributed by atoms with van der Waals surface area (Å²) in [6.45, 7) is 0. The summed E-state index contributed by atoms with van der Waals surface area (Å²) in [6.07, 6.45) is 3.69. The Morgan fingerprint density at radius 3 is 3.00 bits per heavy atom. The van der Waals surface area contributed by atoms with Gasteiger partial charge in [-0.15, -0.1) is 0 Å². The Labute approximate surface area is 97.5 Å². The number of nitrogens with one attached hydrogen (secondary N) is 2. The number of nitrogens with zero attached hydrogens (tertiary/aromatic N) is 1. The number of nitrogens with two attached hydrogens (primary N) is 1. The predicted octanol–water partition coefficient (Wildman–Crippen LogP) is 0.310. The van der Waals surface area contributed by atoms with Crippen molar-refractivity contribution in [3.8, 4) is 5.75 Å². The van der Waals surface area contributed by atoms with Gasteiger partial charge in [0.05, 0.1) is 11.9 Å². The highest BCUT2D eigenvalue weighted by molar-refractivity contribution is 5.96. The van der Waals surface area contributed by atoms with Crippen LogP contribution in [0.5, 0.6) is 5.75 Å². The Hall–Kier alpha value is -2.34. The molecule has 0 saturated heterocycles. The second-order valence-electron chi connectivity index (χ2n) is 3.54. The summed E-state index contributed by atoms with van der Waals surface area (Å²) in [4.78, 5) is 18.2. The van der Waals surface area contributed by atoms with E-state index in [9.17, 15) is 9.90 Å². The third-order valence-corrected chi connectivity index (χ3v) is 2.43. The fraction of sp³-hybridized carbons (Fsp3) is 0.0909. The third-order valence-electron chi connectivity index (χ3n) is 2.43. The molecule has 0 bridgehead atoms. The van der Waals surface area contributed by atoms with Gasteiger partial charge in [0.1, 0.15) is 5.75 Å². The van der Waals surface area contributed by atoms with Gasteiger partial charge < -0.3 is 10.1 Å². The van der Waals surface area contributed by atoms with Gasteiger partial charge in [0.15, 0.2) is 0 Å². The van der Waals surface area contributed by atoms with Crippen molar-refractivity contribution in [1.82, 2.24) is 15.4 Å². The van der Waals surface area contributed by atoms with E-state index in [1.165, 1.54) is 6.07 Å². The number of hydrogen-bond acceptors (Lipinski definition) is 4. The van der Waals surface area contributed by atoms with Crippen LogP contribution in [0.2, 0.25) is 0 Å². The number of carbonyl (C=O) groups excluding carboxylic acids is 1. The fourth-order valence-electron chi connectivity index (χ4n) is 1.58. The summed E-state index contributed by atoms with van der Waals surface area (Å²) < 4.78 is 0. The molecule has 0 atom stereocenters. The van der Waals surface area contributed by atoms with Crippen LogP contribution in [0.25, 0.3) is 0 Å². The van der Waals surface area contributed by atoms with Gasteiger partial charge in [0, 0.05) is 23.9 Å². The van der Waals surface area contributed by atoms with Crippen molar-refractivity contribution < 1.29 is 9.90 Å². The number of aromatic amines is 1. The minimum absolute atomic E-state index is 0.0648. The average Bonchev–Trinajstić information content (AvgIpc) is 2.84.